The van der Waals surface area contributed by atoms with Gasteiger partial charge in [0.05, 0.1) is 10.6 Å². The lowest BCUT2D eigenvalue weighted by molar-refractivity contribution is 0.0659. The third-order valence-electron chi connectivity index (χ3n) is 3.71. The highest BCUT2D eigenvalue weighted by atomic mass is 79.9. The molecule has 0 bridgehead atoms. The Kier molecular flexibility index (Phi) is 4.87. The predicted molar refractivity (Wildman–Crippen MR) is 81.8 cm³/mol. The van der Waals surface area contributed by atoms with Crippen LogP contribution in [0.5, 0.6) is 0 Å². The summed E-state index contributed by atoms with van der Waals surface area (Å²) in [5.74, 6) is 0.000790. The maximum atomic E-state index is 12.5. The normalized spacial score (nSPS) is 17.5. The number of nitrogens with zero attached hydrogens (tertiary/aromatic N) is 2. The van der Waals surface area contributed by atoms with E-state index >= 15 is 0 Å². The van der Waals surface area contributed by atoms with Gasteiger partial charge in [-0.2, -0.15) is 0 Å². The topological polar surface area (TPSA) is 23.6 Å². The van der Waals surface area contributed by atoms with Crippen molar-refractivity contribution < 1.29 is 4.79 Å². The van der Waals surface area contributed by atoms with Gasteiger partial charge < -0.3 is 9.80 Å². The number of halogens is 2. The third-order valence-corrected chi connectivity index (χ3v) is 4.54. The SMILES string of the molecule is CN1CCC(N(C)C(=O)c2cc(Br)ccc2Cl)CC1. The molecule has 104 valence electrons. The molecule has 1 aromatic carbocycles. The molecule has 0 radical (unpaired) electrons. The Morgan fingerprint density at radius 3 is 2.68 bits per heavy atom. The van der Waals surface area contributed by atoms with Crippen molar-refractivity contribution in [2.75, 3.05) is 27.2 Å². The molecule has 0 unspecified atom stereocenters. The predicted octanol–water partition coefficient (Wildman–Crippen LogP) is 3.27. The maximum Gasteiger partial charge on any atom is 0.255 e. The average molecular weight is 346 g/mol. The van der Waals surface area contributed by atoms with Gasteiger partial charge in [0.2, 0.25) is 0 Å². The fourth-order valence-electron chi connectivity index (χ4n) is 2.40. The van der Waals surface area contributed by atoms with E-state index in [0.717, 1.165) is 30.4 Å². The Labute approximate surface area is 127 Å². The van der Waals surface area contributed by atoms with Crippen molar-refractivity contribution in [2.24, 2.45) is 0 Å². The van der Waals surface area contributed by atoms with Gasteiger partial charge in [-0.3, -0.25) is 4.79 Å². The Balaban J connectivity index is 2.12. The minimum absolute atomic E-state index is 0.000790. The van der Waals surface area contributed by atoms with Crippen LogP contribution in [0.1, 0.15) is 23.2 Å². The molecule has 1 aliphatic rings. The van der Waals surface area contributed by atoms with E-state index in [1.54, 1.807) is 12.1 Å². The van der Waals surface area contributed by atoms with Gasteiger partial charge in [-0.15, -0.1) is 0 Å². The molecule has 3 nitrogen and oxygen atoms in total. The minimum atomic E-state index is 0.000790. The lowest BCUT2D eigenvalue weighted by Crippen LogP contribution is -2.44. The fourth-order valence-corrected chi connectivity index (χ4v) is 2.96. The Morgan fingerprint density at radius 2 is 2.05 bits per heavy atom. The van der Waals surface area contributed by atoms with Crippen LogP contribution in [-0.2, 0) is 0 Å². The van der Waals surface area contributed by atoms with E-state index in [4.69, 9.17) is 11.6 Å². The quantitative estimate of drug-likeness (QED) is 0.821. The van der Waals surface area contributed by atoms with E-state index < -0.39 is 0 Å². The first-order valence-electron chi connectivity index (χ1n) is 6.40. The Bertz CT molecular complexity index is 473. The van der Waals surface area contributed by atoms with E-state index in [9.17, 15) is 4.79 Å². The van der Waals surface area contributed by atoms with Crippen LogP contribution in [0.15, 0.2) is 22.7 Å². The van der Waals surface area contributed by atoms with Crippen molar-refractivity contribution in [2.45, 2.75) is 18.9 Å². The smallest absolute Gasteiger partial charge is 0.255 e. The summed E-state index contributed by atoms with van der Waals surface area (Å²) in [6.45, 7) is 2.07. The molecule has 0 spiro atoms. The lowest BCUT2D eigenvalue weighted by atomic mass is 10.0. The first-order chi connectivity index (χ1) is 8.99. The fraction of sp³-hybridized carbons (Fsp3) is 0.500. The van der Waals surface area contributed by atoms with Gasteiger partial charge >= 0.3 is 0 Å². The molecule has 1 amide bonds. The number of hydrogen-bond acceptors (Lipinski definition) is 2. The van der Waals surface area contributed by atoms with Crippen LogP contribution in [0.3, 0.4) is 0 Å². The van der Waals surface area contributed by atoms with Crippen LogP contribution >= 0.6 is 27.5 Å². The molecule has 2 rings (SSSR count). The molecule has 19 heavy (non-hydrogen) atoms. The number of likely N-dealkylation sites (tertiary alicyclic amines) is 1. The Morgan fingerprint density at radius 1 is 1.42 bits per heavy atom. The molecular weight excluding hydrogens is 328 g/mol. The van der Waals surface area contributed by atoms with Gasteiger partial charge in [0.1, 0.15) is 0 Å². The summed E-state index contributed by atoms with van der Waals surface area (Å²) in [6, 6.07) is 5.69. The molecule has 0 atom stereocenters. The summed E-state index contributed by atoms with van der Waals surface area (Å²) in [5.41, 5.74) is 0.567. The number of amides is 1. The highest BCUT2D eigenvalue weighted by molar-refractivity contribution is 9.10. The second-order valence-electron chi connectivity index (χ2n) is 5.07. The zero-order valence-electron chi connectivity index (χ0n) is 11.2. The second-order valence-corrected chi connectivity index (χ2v) is 6.40. The lowest BCUT2D eigenvalue weighted by Gasteiger charge is -2.35. The van der Waals surface area contributed by atoms with Crippen molar-refractivity contribution in [1.29, 1.82) is 0 Å². The van der Waals surface area contributed by atoms with Gasteiger partial charge in [0, 0.05) is 17.6 Å². The minimum Gasteiger partial charge on any atom is -0.339 e. The summed E-state index contributed by atoms with van der Waals surface area (Å²) in [7, 11) is 3.98. The van der Waals surface area contributed by atoms with Crippen LogP contribution in [-0.4, -0.2) is 48.9 Å². The van der Waals surface area contributed by atoms with Crippen LogP contribution in [0.25, 0.3) is 0 Å². The monoisotopic (exact) mass is 344 g/mol. The van der Waals surface area contributed by atoms with Crippen molar-refractivity contribution in [3.63, 3.8) is 0 Å². The number of rotatable bonds is 2. The summed E-state index contributed by atoms with van der Waals surface area (Å²) < 4.78 is 0.872. The first-order valence-corrected chi connectivity index (χ1v) is 7.57. The second kappa shape index (κ2) is 6.25. The van der Waals surface area contributed by atoms with E-state index in [0.29, 0.717) is 16.6 Å². The zero-order valence-corrected chi connectivity index (χ0v) is 13.5. The van der Waals surface area contributed by atoms with E-state index in [1.165, 1.54) is 0 Å². The summed E-state index contributed by atoms with van der Waals surface area (Å²) in [6.07, 6.45) is 2.04. The summed E-state index contributed by atoms with van der Waals surface area (Å²) in [5, 5.41) is 0.507. The van der Waals surface area contributed by atoms with Crippen LogP contribution < -0.4 is 0 Å². The maximum absolute atomic E-state index is 12.5. The van der Waals surface area contributed by atoms with Gasteiger partial charge in [0.15, 0.2) is 0 Å². The standard InChI is InChI=1S/C14H18BrClN2O/c1-17-7-5-11(6-8-17)18(2)14(19)12-9-10(15)3-4-13(12)16/h3-4,9,11H,5-8H2,1-2H3. The number of hydrogen-bond donors (Lipinski definition) is 0. The molecule has 1 heterocycles. The van der Waals surface area contributed by atoms with Crippen LogP contribution in [0, 0.1) is 0 Å². The molecular formula is C14H18BrClN2O. The van der Waals surface area contributed by atoms with Gasteiger partial charge in [-0.05, 0) is 51.2 Å². The van der Waals surface area contributed by atoms with Crippen molar-refractivity contribution in [1.82, 2.24) is 9.80 Å². The summed E-state index contributed by atoms with van der Waals surface area (Å²) >= 11 is 9.50. The van der Waals surface area contributed by atoms with E-state index in [-0.39, 0.29) is 5.91 Å². The van der Waals surface area contributed by atoms with Crippen molar-refractivity contribution in [3.05, 3.63) is 33.3 Å². The molecule has 1 saturated heterocycles. The van der Waals surface area contributed by atoms with Crippen molar-refractivity contribution in [3.8, 4) is 0 Å². The van der Waals surface area contributed by atoms with Crippen LogP contribution in [0.2, 0.25) is 5.02 Å². The number of carbonyl (C=O) groups excluding carboxylic acids is 1. The molecule has 0 saturated carbocycles. The molecule has 1 fully saturated rings. The van der Waals surface area contributed by atoms with Gasteiger partial charge in [-0.1, -0.05) is 27.5 Å². The zero-order chi connectivity index (χ0) is 14.0. The molecule has 0 N–H and O–H groups in total. The summed E-state index contributed by atoms with van der Waals surface area (Å²) in [4.78, 5) is 16.6. The van der Waals surface area contributed by atoms with Crippen molar-refractivity contribution >= 4 is 33.4 Å². The van der Waals surface area contributed by atoms with Crippen LogP contribution in [0.4, 0.5) is 0 Å². The van der Waals surface area contributed by atoms with E-state index in [1.807, 2.05) is 18.0 Å². The molecule has 5 heteroatoms. The number of carbonyl (C=O) groups is 1. The first kappa shape index (κ1) is 14.8. The molecule has 1 aliphatic heterocycles. The van der Waals surface area contributed by atoms with E-state index in [2.05, 4.69) is 27.9 Å². The number of piperidine rings is 1. The highest BCUT2D eigenvalue weighted by Crippen LogP contribution is 2.24. The van der Waals surface area contributed by atoms with Gasteiger partial charge in [-0.25, -0.2) is 0 Å². The largest absolute Gasteiger partial charge is 0.339 e. The molecule has 0 aliphatic carbocycles. The van der Waals surface area contributed by atoms with Gasteiger partial charge in [0.25, 0.3) is 5.91 Å². The highest BCUT2D eigenvalue weighted by Gasteiger charge is 2.25. The molecule has 1 aromatic rings. The average Bonchev–Trinajstić information content (AvgIpc) is 2.41. The third kappa shape index (κ3) is 3.50. The Hall–Kier alpha value is -0.580. The number of benzene rings is 1. The molecule has 0 aromatic heterocycles.